The predicted octanol–water partition coefficient (Wildman–Crippen LogP) is 2.45. The van der Waals surface area contributed by atoms with Crippen LogP contribution in [0.3, 0.4) is 0 Å². The minimum absolute atomic E-state index is 0.204. The first-order valence-electron chi connectivity index (χ1n) is 5.02. The van der Waals surface area contributed by atoms with Gasteiger partial charge < -0.3 is 14.8 Å². The fourth-order valence-corrected chi connectivity index (χ4v) is 1.00. The van der Waals surface area contributed by atoms with Gasteiger partial charge in [-0.2, -0.15) is 0 Å². The van der Waals surface area contributed by atoms with Gasteiger partial charge in [-0.1, -0.05) is 13.5 Å². The number of carbonyl (C=O) groups excluding carboxylic acids is 1. The first kappa shape index (κ1) is 13.8. The van der Waals surface area contributed by atoms with Crippen molar-refractivity contribution in [3.8, 4) is 0 Å². The van der Waals surface area contributed by atoms with Crippen LogP contribution in [0.1, 0.15) is 34.1 Å². The molecule has 0 aliphatic carbocycles. The third kappa shape index (κ3) is 5.99. The average molecular weight is 215 g/mol. The Labute approximate surface area is 91.6 Å². The van der Waals surface area contributed by atoms with Gasteiger partial charge in [0.15, 0.2) is 0 Å². The standard InChI is InChI=1S/C11H21NO3/c1-7-9(8(2)14-6)12-10(13)15-11(3,4)5/h9H,2,7H2,1,3-6H3,(H,12,13). The predicted molar refractivity (Wildman–Crippen MR) is 59.6 cm³/mol. The molecule has 0 saturated carbocycles. The number of amides is 1. The molecule has 0 spiro atoms. The van der Waals surface area contributed by atoms with Crippen molar-refractivity contribution in [1.82, 2.24) is 5.32 Å². The molecule has 0 aromatic rings. The highest BCUT2D eigenvalue weighted by Gasteiger charge is 2.20. The lowest BCUT2D eigenvalue weighted by Crippen LogP contribution is -2.39. The zero-order valence-electron chi connectivity index (χ0n) is 10.2. The van der Waals surface area contributed by atoms with E-state index in [1.807, 2.05) is 27.7 Å². The summed E-state index contributed by atoms with van der Waals surface area (Å²) in [5.41, 5.74) is -0.489. The zero-order valence-corrected chi connectivity index (χ0v) is 10.2. The highest BCUT2D eigenvalue weighted by molar-refractivity contribution is 5.68. The number of hydrogen-bond acceptors (Lipinski definition) is 3. The monoisotopic (exact) mass is 215 g/mol. The molecule has 88 valence electrons. The Bertz CT molecular complexity index is 230. The van der Waals surface area contributed by atoms with Crippen molar-refractivity contribution in [3.63, 3.8) is 0 Å². The van der Waals surface area contributed by atoms with E-state index in [0.717, 1.165) is 0 Å². The van der Waals surface area contributed by atoms with Gasteiger partial charge >= 0.3 is 6.09 Å². The van der Waals surface area contributed by atoms with E-state index < -0.39 is 11.7 Å². The molecule has 0 aromatic carbocycles. The van der Waals surface area contributed by atoms with E-state index in [-0.39, 0.29) is 6.04 Å². The molecule has 4 heteroatoms. The molecule has 1 unspecified atom stereocenters. The molecule has 0 fully saturated rings. The maximum Gasteiger partial charge on any atom is 0.408 e. The lowest BCUT2D eigenvalue weighted by atomic mass is 10.2. The molecule has 0 bridgehead atoms. The fraction of sp³-hybridized carbons (Fsp3) is 0.727. The summed E-state index contributed by atoms with van der Waals surface area (Å²) < 4.78 is 10.1. The third-order valence-corrected chi connectivity index (χ3v) is 1.75. The molecular formula is C11H21NO3. The van der Waals surface area contributed by atoms with E-state index in [2.05, 4.69) is 11.9 Å². The molecule has 0 aliphatic rings. The minimum Gasteiger partial charge on any atom is -0.500 e. The fourth-order valence-electron chi connectivity index (χ4n) is 1.00. The molecule has 0 aliphatic heterocycles. The highest BCUT2D eigenvalue weighted by Crippen LogP contribution is 2.09. The Morgan fingerprint density at radius 3 is 2.33 bits per heavy atom. The van der Waals surface area contributed by atoms with Crippen molar-refractivity contribution in [2.24, 2.45) is 0 Å². The number of ether oxygens (including phenoxy) is 2. The SMILES string of the molecule is C=C(OC)C(CC)NC(=O)OC(C)(C)C. The highest BCUT2D eigenvalue weighted by atomic mass is 16.6. The molecule has 15 heavy (non-hydrogen) atoms. The van der Waals surface area contributed by atoms with Crippen LogP contribution in [0.5, 0.6) is 0 Å². The van der Waals surface area contributed by atoms with Gasteiger partial charge in [0, 0.05) is 0 Å². The van der Waals surface area contributed by atoms with E-state index in [0.29, 0.717) is 12.2 Å². The molecule has 1 amide bonds. The number of methoxy groups -OCH3 is 1. The third-order valence-electron chi connectivity index (χ3n) is 1.75. The molecular weight excluding hydrogens is 194 g/mol. The summed E-state index contributed by atoms with van der Waals surface area (Å²) in [4.78, 5) is 11.4. The summed E-state index contributed by atoms with van der Waals surface area (Å²) in [6.45, 7) is 11.1. The summed E-state index contributed by atoms with van der Waals surface area (Å²) >= 11 is 0. The van der Waals surface area contributed by atoms with Gasteiger partial charge in [0.05, 0.1) is 13.2 Å². The number of nitrogens with one attached hydrogen (secondary N) is 1. The molecule has 4 nitrogen and oxygen atoms in total. The van der Waals surface area contributed by atoms with Crippen LogP contribution < -0.4 is 5.32 Å². The lowest BCUT2D eigenvalue weighted by molar-refractivity contribution is 0.0496. The molecule has 0 radical (unpaired) electrons. The van der Waals surface area contributed by atoms with Gasteiger partial charge in [0.2, 0.25) is 0 Å². The smallest absolute Gasteiger partial charge is 0.408 e. The van der Waals surface area contributed by atoms with E-state index in [4.69, 9.17) is 9.47 Å². The van der Waals surface area contributed by atoms with Crippen LogP contribution in [0.2, 0.25) is 0 Å². The zero-order chi connectivity index (χ0) is 12.1. The lowest BCUT2D eigenvalue weighted by Gasteiger charge is -2.23. The van der Waals surface area contributed by atoms with Crippen molar-refractivity contribution < 1.29 is 14.3 Å². The Balaban J connectivity index is 4.20. The van der Waals surface area contributed by atoms with Crippen LogP contribution in [0.4, 0.5) is 4.79 Å². The van der Waals surface area contributed by atoms with Crippen molar-refractivity contribution in [1.29, 1.82) is 0 Å². The normalized spacial score (nSPS) is 12.9. The maximum atomic E-state index is 11.4. The van der Waals surface area contributed by atoms with Gasteiger partial charge in [-0.15, -0.1) is 0 Å². The molecule has 1 atom stereocenters. The number of rotatable bonds is 4. The van der Waals surface area contributed by atoms with E-state index >= 15 is 0 Å². The van der Waals surface area contributed by atoms with Crippen molar-refractivity contribution >= 4 is 6.09 Å². The second-order valence-corrected chi connectivity index (χ2v) is 4.28. The van der Waals surface area contributed by atoms with Crippen LogP contribution in [0.25, 0.3) is 0 Å². The van der Waals surface area contributed by atoms with Crippen molar-refractivity contribution in [2.45, 2.75) is 45.8 Å². The van der Waals surface area contributed by atoms with E-state index in [1.54, 1.807) is 0 Å². The molecule has 0 heterocycles. The summed E-state index contributed by atoms with van der Waals surface area (Å²) in [5, 5.41) is 2.69. The molecule has 1 N–H and O–H groups in total. The summed E-state index contributed by atoms with van der Waals surface area (Å²) in [6, 6.07) is -0.204. The number of alkyl carbamates (subject to hydrolysis) is 1. The Morgan fingerprint density at radius 1 is 1.47 bits per heavy atom. The Morgan fingerprint density at radius 2 is 2.00 bits per heavy atom. The van der Waals surface area contributed by atoms with Crippen LogP contribution in [0.15, 0.2) is 12.3 Å². The van der Waals surface area contributed by atoms with E-state index in [1.165, 1.54) is 7.11 Å². The Hall–Kier alpha value is -1.19. The summed E-state index contributed by atoms with van der Waals surface area (Å²) in [6.07, 6.45) is 0.263. The van der Waals surface area contributed by atoms with Crippen LogP contribution in [-0.4, -0.2) is 24.8 Å². The first-order chi connectivity index (χ1) is 6.80. The van der Waals surface area contributed by atoms with Gasteiger partial charge in [0.25, 0.3) is 0 Å². The second kappa shape index (κ2) is 5.63. The largest absolute Gasteiger partial charge is 0.500 e. The van der Waals surface area contributed by atoms with Crippen molar-refractivity contribution in [2.75, 3.05) is 7.11 Å². The molecule has 0 saturated heterocycles. The molecule has 0 aromatic heterocycles. The van der Waals surface area contributed by atoms with Gasteiger partial charge in [-0.3, -0.25) is 0 Å². The van der Waals surface area contributed by atoms with Crippen molar-refractivity contribution in [3.05, 3.63) is 12.3 Å². The first-order valence-corrected chi connectivity index (χ1v) is 5.02. The Kier molecular flexibility index (Phi) is 5.19. The minimum atomic E-state index is -0.489. The topological polar surface area (TPSA) is 47.6 Å². The molecule has 0 rings (SSSR count). The van der Waals surface area contributed by atoms with Crippen LogP contribution in [-0.2, 0) is 9.47 Å². The quantitative estimate of drug-likeness (QED) is 0.733. The summed E-state index contributed by atoms with van der Waals surface area (Å²) in [5.74, 6) is 0.531. The average Bonchev–Trinajstić information content (AvgIpc) is 2.10. The van der Waals surface area contributed by atoms with Crippen LogP contribution in [0, 0.1) is 0 Å². The maximum absolute atomic E-state index is 11.4. The van der Waals surface area contributed by atoms with Gasteiger partial charge in [0.1, 0.15) is 11.4 Å². The number of hydrogen-bond donors (Lipinski definition) is 1. The van der Waals surface area contributed by atoms with Crippen LogP contribution >= 0.6 is 0 Å². The van der Waals surface area contributed by atoms with Gasteiger partial charge in [-0.25, -0.2) is 4.79 Å². The number of carbonyl (C=O) groups is 1. The summed E-state index contributed by atoms with van der Waals surface area (Å²) in [7, 11) is 1.53. The van der Waals surface area contributed by atoms with Gasteiger partial charge in [-0.05, 0) is 27.2 Å². The van der Waals surface area contributed by atoms with E-state index in [9.17, 15) is 4.79 Å². The second-order valence-electron chi connectivity index (χ2n) is 4.28.